The minimum atomic E-state index is -0.356. The van der Waals surface area contributed by atoms with Gasteiger partial charge in [-0.1, -0.05) is 6.92 Å². The van der Waals surface area contributed by atoms with Crippen LogP contribution in [0, 0.1) is 5.92 Å². The molecule has 1 aromatic heterocycles. The highest BCUT2D eigenvalue weighted by molar-refractivity contribution is 5.88. The lowest BCUT2D eigenvalue weighted by Gasteiger charge is -2.36. The van der Waals surface area contributed by atoms with Crippen molar-refractivity contribution in [1.29, 1.82) is 0 Å². The Morgan fingerprint density at radius 3 is 3.05 bits per heavy atom. The summed E-state index contributed by atoms with van der Waals surface area (Å²) in [5, 5.41) is 10.5. The zero-order chi connectivity index (χ0) is 14.3. The Balaban J connectivity index is 2.04. The molecule has 2 unspecified atom stereocenters. The van der Waals surface area contributed by atoms with Crippen LogP contribution in [0.3, 0.4) is 0 Å². The Labute approximate surface area is 116 Å². The van der Waals surface area contributed by atoms with Gasteiger partial charge in [0.1, 0.15) is 0 Å². The summed E-state index contributed by atoms with van der Waals surface area (Å²) in [5.74, 6) is 0.300. The first-order valence-electron chi connectivity index (χ1n) is 6.76. The first kappa shape index (κ1) is 12.9. The number of rotatable bonds is 1. The number of aliphatic hydroxyl groups excluding tert-OH is 1. The van der Waals surface area contributed by atoms with E-state index in [9.17, 15) is 9.90 Å². The molecule has 2 aromatic rings. The minimum Gasteiger partial charge on any atom is -0.397 e. The second-order valence-electron chi connectivity index (χ2n) is 5.44. The number of aromatic amines is 1. The van der Waals surface area contributed by atoms with Crippen molar-refractivity contribution in [2.24, 2.45) is 5.92 Å². The molecule has 0 bridgehead atoms. The number of fused-ring (bicyclic) bond motifs is 1. The molecule has 4 N–H and O–H groups in total. The van der Waals surface area contributed by atoms with Gasteiger partial charge >= 0.3 is 0 Å². The summed E-state index contributed by atoms with van der Waals surface area (Å²) in [6.07, 6.45) is 1.95. The number of β-amino-alcohol motifs (C(OH)–C–C–N with tert-alkyl or cyclic N) is 1. The van der Waals surface area contributed by atoms with Crippen LogP contribution in [0.5, 0.6) is 0 Å². The van der Waals surface area contributed by atoms with Gasteiger partial charge in [0.15, 0.2) is 0 Å². The van der Waals surface area contributed by atoms with Crippen molar-refractivity contribution < 1.29 is 5.11 Å². The molecule has 0 aliphatic carbocycles. The fourth-order valence-corrected chi connectivity index (χ4v) is 2.66. The van der Waals surface area contributed by atoms with Crippen molar-refractivity contribution in [2.45, 2.75) is 19.4 Å². The predicted octanol–water partition coefficient (Wildman–Crippen LogP) is 0.712. The van der Waals surface area contributed by atoms with Gasteiger partial charge in [-0.05, 0) is 24.5 Å². The molecule has 20 heavy (non-hydrogen) atoms. The van der Waals surface area contributed by atoms with Gasteiger partial charge < -0.3 is 20.7 Å². The molecule has 106 valence electrons. The summed E-state index contributed by atoms with van der Waals surface area (Å²) < 4.78 is 0. The van der Waals surface area contributed by atoms with Crippen LogP contribution in [0.4, 0.5) is 11.4 Å². The Kier molecular flexibility index (Phi) is 3.10. The highest BCUT2D eigenvalue weighted by atomic mass is 16.3. The second kappa shape index (κ2) is 4.79. The van der Waals surface area contributed by atoms with Crippen molar-refractivity contribution in [3.8, 4) is 0 Å². The SMILES string of the molecule is CC1CCN(c2cc3nc[nH]c(=O)c3cc2N)CC1O. The summed E-state index contributed by atoms with van der Waals surface area (Å²) in [4.78, 5) is 20.5. The Morgan fingerprint density at radius 1 is 1.50 bits per heavy atom. The van der Waals surface area contributed by atoms with Gasteiger partial charge in [0, 0.05) is 13.1 Å². The molecule has 1 aromatic carbocycles. The molecule has 6 nitrogen and oxygen atoms in total. The van der Waals surface area contributed by atoms with Gasteiger partial charge in [-0.2, -0.15) is 0 Å². The van der Waals surface area contributed by atoms with Crippen LogP contribution in [-0.2, 0) is 0 Å². The molecule has 3 rings (SSSR count). The lowest BCUT2D eigenvalue weighted by atomic mass is 9.95. The molecule has 2 heterocycles. The van der Waals surface area contributed by atoms with Gasteiger partial charge in [-0.3, -0.25) is 4.79 Å². The molecule has 6 heteroatoms. The van der Waals surface area contributed by atoms with Crippen LogP contribution in [0.25, 0.3) is 10.9 Å². The summed E-state index contributed by atoms with van der Waals surface area (Å²) in [6.45, 7) is 3.45. The van der Waals surface area contributed by atoms with E-state index in [-0.39, 0.29) is 11.7 Å². The van der Waals surface area contributed by atoms with E-state index in [0.29, 0.717) is 29.1 Å². The highest BCUT2D eigenvalue weighted by Crippen LogP contribution is 2.30. The molecule has 0 spiro atoms. The van der Waals surface area contributed by atoms with Gasteiger partial charge in [-0.15, -0.1) is 0 Å². The van der Waals surface area contributed by atoms with Crippen LogP contribution in [-0.4, -0.2) is 34.3 Å². The van der Waals surface area contributed by atoms with E-state index in [4.69, 9.17) is 5.73 Å². The molecular formula is C14H18N4O2. The molecule has 1 fully saturated rings. The van der Waals surface area contributed by atoms with E-state index in [1.54, 1.807) is 6.07 Å². The summed E-state index contributed by atoms with van der Waals surface area (Å²) in [7, 11) is 0. The molecule has 2 atom stereocenters. The third-order valence-corrected chi connectivity index (χ3v) is 4.05. The molecule has 1 aliphatic heterocycles. The van der Waals surface area contributed by atoms with E-state index < -0.39 is 0 Å². The zero-order valence-electron chi connectivity index (χ0n) is 11.3. The number of nitrogens with two attached hydrogens (primary N) is 1. The van der Waals surface area contributed by atoms with Crippen LogP contribution in [0.2, 0.25) is 0 Å². The summed E-state index contributed by atoms with van der Waals surface area (Å²) in [6, 6.07) is 3.48. The third-order valence-electron chi connectivity index (χ3n) is 4.05. The van der Waals surface area contributed by atoms with Gasteiger partial charge in [0.05, 0.1) is 34.7 Å². The predicted molar refractivity (Wildman–Crippen MR) is 78.8 cm³/mol. The maximum atomic E-state index is 11.7. The molecular weight excluding hydrogens is 256 g/mol. The van der Waals surface area contributed by atoms with Crippen molar-refractivity contribution in [3.63, 3.8) is 0 Å². The number of H-pyrrole nitrogens is 1. The van der Waals surface area contributed by atoms with Crippen molar-refractivity contribution in [1.82, 2.24) is 9.97 Å². The Morgan fingerprint density at radius 2 is 2.30 bits per heavy atom. The molecule has 0 saturated carbocycles. The van der Waals surface area contributed by atoms with Crippen molar-refractivity contribution in [3.05, 3.63) is 28.8 Å². The maximum absolute atomic E-state index is 11.7. The van der Waals surface area contributed by atoms with Crippen LogP contribution in [0.1, 0.15) is 13.3 Å². The number of hydrogen-bond donors (Lipinski definition) is 3. The largest absolute Gasteiger partial charge is 0.397 e. The number of anilines is 2. The number of nitrogens with one attached hydrogen (secondary N) is 1. The zero-order valence-corrected chi connectivity index (χ0v) is 11.3. The maximum Gasteiger partial charge on any atom is 0.258 e. The normalized spacial score (nSPS) is 23.2. The van der Waals surface area contributed by atoms with Crippen molar-refractivity contribution >= 4 is 22.3 Å². The minimum absolute atomic E-state index is 0.194. The first-order chi connectivity index (χ1) is 9.56. The van der Waals surface area contributed by atoms with Crippen LogP contribution in [0.15, 0.2) is 23.3 Å². The van der Waals surface area contributed by atoms with Gasteiger partial charge in [0.25, 0.3) is 5.56 Å². The second-order valence-corrected chi connectivity index (χ2v) is 5.44. The van der Waals surface area contributed by atoms with E-state index in [1.165, 1.54) is 6.33 Å². The molecule has 0 amide bonds. The highest BCUT2D eigenvalue weighted by Gasteiger charge is 2.25. The average molecular weight is 274 g/mol. The quantitative estimate of drug-likeness (QED) is 0.666. The Hall–Kier alpha value is -2.08. The first-order valence-corrected chi connectivity index (χ1v) is 6.76. The summed E-state index contributed by atoms with van der Waals surface area (Å²) >= 11 is 0. The molecule has 1 saturated heterocycles. The number of nitrogens with zero attached hydrogens (tertiary/aromatic N) is 2. The van der Waals surface area contributed by atoms with Gasteiger partial charge in [0.2, 0.25) is 0 Å². The van der Waals surface area contributed by atoms with Gasteiger partial charge in [-0.25, -0.2) is 4.98 Å². The fraction of sp³-hybridized carbons (Fsp3) is 0.429. The van der Waals surface area contributed by atoms with E-state index >= 15 is 0 Å². The number of aromatic nitrogens is 2. The summed E-state index contributed by atoms with van der Waals surface area (Å²) in [5.41, 5.74) is 7.86. The number of benzene rings is 1. The third kappa shape index (κ3) is 2.12. The van der Waals surface area contributed by atoms with E-state index in [0.717, 1.165) is 18.7 Å². The standard InChI is InChI=1S/C14H18N4O2/c1-8-2-3-18(6-13(8)19)12-5-11-9(4-10(12)15)14(20)17-7-16-11/h4-5,7-8,13,19H,2-3,6,15H2,1H3,(H,16,17,20). The monoisotopic (exact) mass is 274 g/mol. The van der Waals surface area contributed by atoms with E-state index in [2.05, 4.69) is 14.9 Å². The number of hydrogen-bond acceptors (Lipinski definition) is 5. The van der Waals surface area contributed by atoms with Crippen LogP contribution < -0.4 is 16.2 Å². The number of piperidine rings is 1. The fourth-order valence-electron chi connectivity index (χ4n) is 2.66. The molecule has 1 aliphatic rings. The Bertz CT molecular complexity index is 697. The lowest BCUT2D eigenvalue weighted by Crippen LogP contribution is -2.43. The topological polar surface area (TPSA) is 95.2 Å². The number of aliphatic hydroxyl groups is 1. The van der Waals surface area contributed by atoms with E-state index in [1.807, 2.05) is 13.0 Å². The average Bonchev–Trinajstić information content (AvgIpc) is 2.42. The molecule has 0 radical (unpaired) electrons. The smallest absolute Gasteiger partial charge is 0.258 e. The van der Waals surface area contributed by atoms with Crippen LogP contribution >= 0.6 is 0 Å². The number of nitrogen functional groups attached to an aromatic ring is 1. The lowest BCUT2D eigenvalue weighted by molar-refractivity contribution is 0.103. The van der Waals surface area contributed by atoms with Crippen molar-refractivity contribution in [2.75, 3.05) is 23.7 Å².